The van der Waals surface area contributed by atoms with Crippen LogP contribution in [0.4, 0.5) is 5.95 Å². The molecular formula is C16H28N4O. The Kier molecular flexibility index (Phi) is 4.84. The van der Waals surface area contributed by atoms with Crippen LogP contribution in [-0.2, 0) is 6.54 Å². The van der Waals surface area contributed by atoms with Gasteiger partial charge in [0, 0.05) is 43.6 Å². The molecule has 1 heterocycles. The highest BCUT2D eigenvalue weighted by atomic mass is 16.3. The van der Waals surface area contributed by atoms with E-state index in [1.165, 1.54) is 0 Å². The van der Waals surface area contributed by atoms with Gasteiger partial charge < -0.3 is 15.3 Å². The summed E-state index contributed by atoms with van der Waals surface area (Å²) in [4.78, 5) is 10.8. The molecule has 1 aliphatic carbocycles. The molecule has 0 amide bonds. The van der Waals surface area contributed by atoms with Gasteiger partial charge in [0.25, 0.3) is 0 Å². The lowest BCUT2D eigenvalue weighted by atomic mass is 10.0. The van der Waals surface area contributed by atoms with Crippen LogP contribution < -0.4 is 10.2 Å². The Morgan fingerprint density at radius 3 is 2.33 bits per heavy atom. The molecule has 21 heavy (non-hydrogen) atoms. The molecule has 1 aliphatic rings. The maximum absolute atomic E-state index is 10.4. The van der Waals surface area contributed by atoms with Crippen LogP contribution in [0.3, 0.4) is 0 Å². The Bertz CT molecular complexity index is 446. The molecule has 5 heteroatoms. The molecule has 0 saturated heterocycles. The van der Waals surface area contributed by atoms with Crippen molar-refractivity contribution in [3.8, 4) is 0 Å². The first kappa shape index (κ1) is 16.2. The van der Waals surface area contributed by atoms with E-state index in [9.17, 15) is 5.11 Å². The second kappa shape index (κ2) is 6.28. The maximum Gasteiger partial charge on any atom is 0.225 e. The van der Waals surface area contributed by atoms with Gasteiger partial charge in [-0.05, 0) is 33.6 Å². The Morgan fingerprint density at radius 2 is 1.81 bits per heavy atom. The second-order valence-corrected chi connectivity index (χ2v) is 7.28. The van der Waals surface area contributed by atoms with E-state index in [-0.39, 0.29) is 5.54 Å². The molecule has 0 bridgehead atoms. The van der Waals surface area contributed by atoms with E-state index >= 15 is 0 Å². The first-order valence-electron chi connectivity index (χ1n) is 7.77. The topological polar surface area (TPSA) is 61.3 Å². The number of anilines is 1. The van der Waals surface area contributed by atoms with Gasteiger partial charge in [-0.3, -0.25) is 0 Å². The normalized spacial score (nSPS) is 18.0. The van der Waals surface area contributed by atoms with E-state index in [2.05, 4.69) is 36.1 Å². The summed E-state index contributed by atoms with van der Waals surface area (Å²) in [6.45, 7) is 7.78. The fourth-order valence-electron chi connectivity index (χ4n) is 2.71. The molecule has 0 radical (unpaired) electrons. The minimum absolute atomic E-state index is 0.0845. The van der Waals surface area contributed by atoms with Crippen LogP contribution in [0.15, 0.2) is 12.4 Å². The summed E-state index contributed by atoms with van der Waals surface area (Å²) in [5.41, 5.74) is 0.591. The molecule has 0 spiro atoms. The van der Waals surface area contributed by atoms with E-state index in [4.69, 9.17) is 0 Å². The number of likely N-dealkylation sites (N-methyl/N-ethyl adjacent to an activating group) is 1. The molecule has 0 atom stereocenters. The standard InChI is InChI=1S/C16H28N4O/c1-15(2,3)19-11-13-9-17-14(18-10-13)20(4)12-16(21)7-5-6-8-16/h9-10,19,21H,5-8,11-12H2,1-4H3. The summed E-state index contributed by atoms with van der Waals surface area (Å²) >= 11 is 0. The Morgan fingerprint density at radius 1 is 1.24 bits per heavy atom. The molecule has 2 N–H and O–H groups in total. The van der Waals surface area contributed by atoms with Crippen molar-refractivity contribution < 1.29 is 5.11 Å². The van der Waals surface area contributed by atoms with Crippen molar-refractivity contribution >= 4 is 5.95 Å². The Hall–Kier alpha value is -1.20. The third-order valence-electron chi connectivity index (χ3n) is 3.92. The lowest BCUT2D eigenvalue weighted by molar-refractivity contribution is 0.0556. The van der Waals surface area contributed by atoms with Crippen molar-refractivity contribution in [1.29, 1.82) is 0 Å². The van der Waals surface area contributed by atoms with Crippen molar-refractivity contribution in [2.24, 2.45) is 0 Å². The fourth-order valence-corrected chi connectivity index (χ4v) is 2.71. The van der Waals surface area contributed by atoms with Gasteiger partial charge in [-0.25, -0.2) is 9.97 Å². The average Bonchev–Trinajstić information content (AvgIpc) is 2.82. The van der Waals surface area contributed by atoms with E-state index in [1.807, 2.05) is 24.3 Å². The minimum atomic E-state index is -0.565. The second-order valence-electron chi connectivity index (χ2n) is 7.28. The van der Waals surface area contributed by atoms with Gasteiger partial charge >= 0.3 is 0 Å². The summed E-state index contributed by atoms with van der Waals surface area (Å²) < 4.78 is 0. The van der Waals surface area contributed by atoms with Crippen LogP contribution in [0.25, 0.3) is 0 Å². The van der Waals surface area contributed by atoms with Crippen LogP contribution in [-0.4, -0.2) is 39.8 Å². The van der Waals surface area contributed by atoms with E-state index < -0.39 is 5.60 Å². The zero-order valence-corrected chi connectivity index (χ0v) is 13.7. The monoisotopic (exact) mass is 292 g/mol. The summed E-state index contributed by atoms with van der Waals surface area (Å²) in [7, 11) is 1.94. The van der Waals surface area contributed by atoms with Crippen molar-refractivity contribution in [2.75, 3.05) is 18.5 Å². The van der Waals surface area contributed by atoms with Gasteiger partial charge in [0.05, 0.1) is 5.60 Å². The molecule has 0 aliphatic heterocycles. The lowest BCUT2D eigenvalue weighted by Gasteiger charge is -2.28. The zero-order chi connectivity index (χ0) is 15.5. The molecule has 1 fully saturated rings. The van der Waals surface area contributed by atoms with Crippen LogP contribution in [0, 0.1) is 0 Å². The van der Waals surface area contributed by atoms with E-state index in [1.54, 1.807) is 0 Å². The average molecular weight is 292 g/mol. The SMILES string of the molecule is CN(CC1(O)CCCC1)c1ncc(CNC(C)(C)C)cn1. The molecule has 1 saturated carbocycles. The quantitative estimate of drug-likeness (QED) is 0.870. The van der Waals surface area contributed by atoms with E-state index in [0.29, 0.717) is 12.5 Å². The summed E-state index contributed by atoms with van der Waals surface area (Å²) in [5, 5.41) is 13.9. The van der Waals surface area contributed by atoms with Crippen molar-refractivity contribution in [3.05, 3.63) is 18.0 Å². The first-order valence-corrected chi connectivity index (χ1v) is 7.77. The van der Waals surface area contributed by atoms with Gasteiger partial charge in [-0.15, -0.1) is 0 Å². The third-order valence-corrected chi connectivity index (χ3v) is 3.92. The first-order chi connectivity index (χ1) is 9.77. The largest absolute Gasteiger partial charge is 0.388 e. The van der Waals surface area contributed by atoms with Crippen molar-refractivity contribution in [3.63, 3.8) is 0 Å². The van der Waals surface area contributed by atoms with Crippen LogP contribution >= 0.6 is 0 Å². The highest BCUT2D eigenvalue weighted by Gasteiger charge is 2.32. The summed E-state index contributed by atoms with van der Waals surface area (Å²) in [6.07, 6.45) is 7.70. The predicted octanol–water partition coefficient (Wildman–Crippen LogP) is 2.11. The number of aliphatic hydroxyl groups is 1. The number of nitrogens with one attached hydrogen (secondary N) is 1. The van der Waals surface area contributed by atoms with Crippen LogP contribution in [0.2, 0.25) is 0 Å². The number of aromatic nitrogens is 2. The molecule has 0 unspecified atom stereocenters. The Balaban J connectivity index is 1.92. The lowest BCUT2D eigenvalue weighted by Crippen LogP contribution is -2.40. The molecule has 1 aromatic rings. The van der Waals surface area contributed by atoms with Gasteiger partial charge in [-0.2, -0.15) is 0 Å². The van der Waals surface area contributed by atoms with Crippen molar-refractivity contribution in [2.45, 2.75) is 64.1 Å². The summed E-state index contributed by atoms with van der Waals surface area (Å²) in [6, 6.07) is 0. The molecule has 0 aromatic carbocycles. The van der Waals surface area contributed by atoms with E-state index in [0.717, 1.165) is 37.8 Å². The highest BCUT2D eigenvalue weighted by molar-refractivity contribution is 5.29. The van der Waals surface area contributed by atoms with Crippen molar-refractivity contribution in [1.82, 2.24) is 15.3 Å². The van der Waals surface area contributed by atoms with Gasteiger partial charge in [-0.1, -0.05) is 12.8 Å². The van der Waals surface area contributed by atoms with Gasteiger partial charge in [0.2, 0.25) is 5.95 Å². The van der Waals surface area contributed by atoms with Crippen LogP contribution in [0.5, 0.6) is 0 Å². The minimum Gasteiger partial charge on any atom is -0.388 e. The predicted molar refractivity (Wildman–Crippen MR) is 85.3 cm³/mol. The third kappa shape index (κ3) is 4.93. The number of nitrogens with zero attached hydrogens (tertiary/aromatic N) is 3. The number of hydrogen-bond acceptors (Lipinski definition) is 5. The number of rotatable bonds is 5. The zero-order valence-electron chi connectivity index (χ0n) is 13.7. The molecule has 2 rings (SSSR count). The maximum atomic E-state index is 10.4. The summed E-state index contributed by atoms with van der Waals surface area (Å²) in [5.74, 6) is 0.676. The number of hydrogen-bond donors (Lipinski definition) is 2. The Labute approximate surface area is 127 Å². The fraction of sp³-hybridized carbons (Fsp3) is 0.750. The van der Waals surface area contributed by atoms with Crippen LogP contribution in [0.1, 0.15) is 52.0 Å². The molecule has 1 aromatic heterocycles. The smallest absolute Gasteiger partial charge is 0.225 e. The molecular weight excluding hydrogens is 264 g/mol. The molecule has 118 valence electrons. The van der Waals surface area contributed by atoms with Gasteiger partial charge in [0.15, 0.2) is 0 Å². The highest BCUT2D eigenvalue weighted by Crippen LogP contribution is 2.30. The molecule has 5 nitrogen and oxygen atoms in total. The van der Waals surface area contributed by atoms with Gasteiger partial charge in [0.1, 0.15) is 0 Å².